The van der Waals surface area contributed by atoms with Crippen molar-refractivity contribution in [2.75, 3.05) is 6.54 Å². The summed E-state index contributed by atoms with van der Waals surface area (Å²) in [5.41, 5.74) is 6.06. The standard InChI is InChI=1S/C18H19F2NO/c1-2-18(11-12-21,14-5-9-16(20)10-6-14)17(22)13-3-7-15(19)8-4-13/h3-10H,2,11-12,21H2,1H3. The molecule has 0 aliphatic carbocycles. The van der Waals surface area contributed by atoms with Gasteiger partial charge in [0.15, 0.2) is 5.78 Å². The van der Waals surface area contributed by atoms with E-state index in [2.05, 4.69) is 0 Å². The topological polar surface area (TPSA) is 43.1 Å². The van der Waals surface area contributed by atoms with Crippen LogP contribution in [-0.2, 0) is 5.41 Å². The summed E-state index contributed by atoms with van der Waals surface area (Å²) in [5, 5.41) is 0. The van der Waals surface area contributed by atoms with E-state index in [1.54, 1.807) is 12.1 Å². The maximum Gasteiger partial charge on any atom is 0.173 e. The molecule has 2 nitrogen and oxygen atoms in total. The van der Waals surface area contributed by atoms with Gasteiger partial charge in [-0.25, -0.2) is 8.78 Å². The summed E-state index contributed by atoms with van der Waals surface area (Å²) in [6.07, 6.45) is 0.984. The maximum atomic E-state index is 13.2. The van der Waals surface area contributed by atoms with Crippen LogP contribution < -0.4 is 5.73 Å². The van der Waals surface area contributed by atoms with Gasteiger partial charge in [-0.05, 0) is 61.3 Å². The van der Waals surface area contributed by atoms with Crippen molar-refractivity contribution in [1.29, 1.82) is 0 Å². The Morgan fingerprint density at radius 3 is 1.95 bits per heavy atom. The fourth-order valence-corrected chi connectivity index (χ4v) is 2.82. The summed E-state index contributed by atoms with van der Waals surface area (Å²) >= 11 is 0. The van der Waals surface area contributed by atoms with Crippen molar-refractivity contribution < 1.29 is 13.6 Å². The quantitative estimate of drug-likeness (QED) is 0.824. The van der Waals surface area contributed by atoms with Crippen molar-refractivity contribution in [2.45, 2.75) is 25.2 Å². The molecule has 2 aromatic carbocycles. The molecular formula is C18H19F2NO. The van der Waals surface area contributed by atoms with E-state index in [0.717, 1.165) is 5.56 Å². The average Bonchev–Trinajstić information content (AvgIpc) is 2.54. The number of rotatable bonds is 6. The van der Waals surface area contributed by atoms with E-state index < -0.39 is 5.41 Å². The average molecular weight is 303 g/mol. The molecule has 0 saturated carbocycles. The Morgan fingerprint density at radius 2 is 1.50 bits per heavy atom. The number of hydrogen-bond donors (Lipinski definition) is 1. The minimum absolute atomic E-state index is 0.118. The Balaban J connectivity index is 2.50. The number of ketones is 1. The number of carbonyl (C=O) groups is 1. The Kier molecular flexibility index (Phi) is 5.03. The molecule has 2 rings (SSSR count). The lowest BCUT2D eigenvalue weighted by atomic mass is 9.70. The van der Waals surface area contributed by atoms with Crippen LogP contribution in [0.5, 0.6) is 0 Å². The summed E-state index contributed by atoms with van der Waals surface area (Å²) in [6, 6.07) is 11.4. The monoisotopic (exact) mass is 303 g/mol. The van der Waals surface area contributed by atoms with Gasteiger partial charge in [-0.2, -0.15) is 0 Å². The van der Waals surface area contributed by atoms with Gasteiger partial charge in [-0.1, -0.05) is 19.1 Å². The molecule has 2 N–H and O–H groups in total. The van der Waals surface area contributed by atoms with Crippen LogP contribution in [0.15, 0.2) is 48.5 Å². The molecule has 1 unspecified atom stereocenters. The lowest BCUT2D eigenvalue weighted by molar-refractivity contribution is 0.0870. The van der Waals surface area contributed by atoms with Crippen molar-refractivity contribution in [2.24, 2.45) is 5.73 Å². The molecular weight excluding hydrogens is 284 g/mol. The van der Waals surface area contributed by atoms with E-state index in [0.29, 0.717) is 24.9 Å². The van der Waals surface area contributed by atoms with Crippen LogP contribution in [0, 0.1) is 11.6 Å². The third-order valence-corrected chi connectivity index (χ3v) is 4.11. The number of carbonyl (C=O) groups excluding carboxylic acids is 1. The molecule has 0 bridgehead atoms. The van der Waals surface area contributed by atoms with Crippen LogP contribution in [-0.4, -0.2) is 12.3 Å². The zero-order chi connectivity index (χ0) is 16.2. The SMILES string of the molecule is CCC(CCN)(C(=O)c1ccc(F)cc1)c1ccc(F)cc1. The Morgan fingerprint density at radius 1 is 1.00 bits per heavy atom. The van der Waals surface area contributed by atoms with Crippen molar-refractivity contribution in [3.05, 3.63) is 71.3 Å². The van der Waals surface area contributed by atoms with Crippen LogP contribution in [0.3, 0.4) is 0 Å². The fraction of sp³-hybridized carbons (Fsp3) is 0.278. The van der Waals surface area contributed by atoms with Gasteiger partial charge in [0.2, 0.25) is 0 Å². The highest BCUT2D eigenvalue weighted by atomic mass is 19.1. The minimum Gasteiger partial charge on any atom is -0.330 e. The van der Waals surface area contributed by atoms with Crippen LogP contribution in [0.1, 0.15) is 35.7 Å². The normalized spacial score (nSPS) is 13.6. The molecule has 2 aromatic rings. The Labute approximate surface area is 129 Å². The first-order valence-corrected chi connectivity index (χ1v) is 7.30. The largest absolute Gasteiger partial charge is 0.330 e. The van der Waals surface area contributed by atoms with Gasteiger partial charge in [-0.15, -0.1) is 0 Å². The van der Waals surface area contributed by atoms with E-state index in [4.69, 9.17) is 5.73 Å². The van der Waals surface area contributed by atoms with Gasteiger partial charge in [0.25, 0.3) is 0 Å². The van der Waals surface area contributed by atoms with Gasteiger partial charge in [0, 0.05) is 5.56 Å². The highest BCUT2D eigenvalue weighted by Gasteiger charge is 2.38. The summed E-state index contributed by atoms with van der Waals surface area (Å²) in [7, 11) is 0. The molecule has 0 radical (unpaired) electrons. The van der Waals surface area contributed by atoms with Crippen LogP contribution in [0.25, 0.3) is 0 Å². The molecule has 116 valence electrons. The van der Waals surface area contributed by atoms with Crippen LogP contribution in [0.2, 0.25) is 0 Å². The van der Waals surface area contributed by atoms with Gasteiger partial charge < -0.3 is 5.73 Å². The van der Waals surface area contributed by atoms with Gasteiger partial charge >= 0.3 is 0 Å². The molecule has 0 spiro atoms. The summed E-state index contributed by atoms with van der Waals surface area (Å²) in [4.78, 5) is 13.0. The van der Waals surface area contributed by atoms with Crippen LogP contribution in [0.4, 0.5) is 8.78 Å². The molecule has 0 fully saturated rings. The maximum absolute atomic E-state index is 13.2. The molecule has 22 heavy (non-hydrogen) atoms. The predicted molar refractivity (Wildman–Crippen MR) is 82.8 cm³/mol. The molecule has 0 saturated heterocycles. The van der Waals surface area contributed by atoms with E-state index in [1.807, 2.05) is 6.92 Å². The molecule has 0 aliphatic heterocycles. The first kappa shape index (κ1) is 16.3. The summed E-state index contributed by atoms with van der Waals surface area (Å²) in [5.74, 6) is -0.859. The Hall–Kier alpha value is -2.07. The number of benzene rings is 2. The van der Waals surface area contributed by atoms with Crippen molar-refractivity contribution in [1.82, 2.24) is 0 Å². The molecule has 0 aliphatic rings. The Bertz CT molecular complexity index is 637. The lowest BCUT2D eigenvalue weighted by Crippen LogP contribution is -2.37. The van der Waals surface area contributed by atoms with Gasteiger partial charge in [-0.3, -0.25) is 4.79 Å². The molecule has 1 atom stereocenters. The third-order valence-electron chi connectivity index (χ3n) is 4.11. The minimum atomic E-state index is -0.819. The highest BCUT2D eigenvalue weighted by Crippen LogP contribution is 2.35. The summed E-state index contributed by atoms with van der Waals surface area (Å²) < 4.78 is 26.3. The zero-order valence-electron chi connectivity index (χ0n) is 12.5. The highest BCUT2D eigenvalue weighted by molar-refractivity contribution is 6.04. The number of nitrogens with two attached hydrogens (primary N) is 1. The van der Waals surface area contributed by atoms with E-state index >= 15 is 0 Å². The second kappa shape index (κ2) is 6.79. The number of Topliss-reactive ketones (excluding diaryl/α,β-unsaturated/α-hetero) is 1. The number of halogens is 2. The number of hydrogen-bond acceptors (Lipinski definition) is 2. The van der Waals surface area contributed by atoms with E-state index in [-0.39, 0.29) is 17.4 Å². The second-order valence-corrected chi connectivity index (χ2v) is 5.32. The zero-order valence-corrected chi connectivity index (χ0v) is 12.5. The second-order valence-electron chi connectivity index (χ2n) is 5.32. The first-order valence-electron chi connectivity index (χ1n) is 7.30. The molecule has 0 aromatic heterocycles. The fourth-order valence-electron chi connectivity index (χ4n) is 2.82. The van der Waals surface area contributed by atoms with Crippen molar-refractivity contribution in [3.8, 4) is 0 Å². The smallest absolute Gasteiger partial charge is 0.173 e. The molecule has 0 amide bonds. The van der Waals surface area contributed by atoms with Crippen molar-refractivity contribution in [3.63, 3.8) is 0 Å². The molecule has 0 heterocycles. The van der Waals surface area contributed by atoms with E-state index in [9.17, 15) is 13.6 Å². The van der Waals surface area contributed by atoms with Gasteiger partial charge in [0.05, 0.1) is 5.41 Å². The lowest BCUT2D eigenvalue weighted by Gasteiger charge is -2.32. The molecule has 4 heteroatoms. The predicted octanol–water partition coefficient (Wildman–Crippen LogP) is 3.84. The van der Waals surface area contributed by atoms with Gasteiger partial charge in [0.1, 0.15) is 11.6 Å². The summed E-state index contributed by atoms with van der Waals surface area (Å²) in [6.45, 7) is 2.23. The first-order chi connectivity index (χ1) is 10.5. The van der Waals surface area contributed by atoms with E-state index in [1.165, 1.54) is 36.4 Å². The third kappa shape index (κ3) is 3.07. The van der Waals surface area contributed by atoms with Crippen LogP contribution >= 0.6 is 0 Å². The van der Waals surface area contributed by atoms with Crippen molar-refractivity contribution >= 4 is 5.78 Å².